The van der Waals surface area contributed by atoms with E-state index in [1.165, 1.54) is 5.56 Å². The normalized spacial score (nSPS) is 14.0. The number of urea groups is 1. The van der Waals surface area contributed by atoms with E-state index >= 15 is 0 Å². The van der Waals surface area contributed by atoms with Crippen LogP contribution in [0.3, 0.4) is 0 Å². The molecule has 3 amide bonds. The summed E-state index contributed by atoms with van der Waals surface area (Å²) < 4.78 is 0. The SMILES string of the molecule is CC(C)c1ccc([C@@H](N[C@H](C)C(=O)NC(N)=O)C(C)C)cc1. The molecule has 1 aromatic carbocycles. The Morgan fingerprint density at radius 2 is 1.45 bits per heavy atom. The highest BCUT2D eigenvalue weighted by molar-refractivity contribution is 5.96. The summed E-state index contributed by atoms with van der Waals surface area (Å²) in [5, 5.41) is 5.37. The average Bonchev–Trinajstić information content (AvgIpc) is 2.43. The predicted octanol–water partition coefficient (Wildman–Crippen LogP) is 2.68. The average molecular weight is 305 g/mol. The number of hydrogen-bond acceptors (Lipinski definition) is 3. The van der Waals surface area contributed by atoms with Gasteiger partial charge in [0.05, 0.1) is 6.04 Å². The van der Waals surface area contributed by atoms with E-state index in [-0.39, 0.29) is 6.04 Å². The fourth-order valence-electron chi connectivity index (χ4n) is 2.34. The van der Waals surface area contributed by atoms with Crippen LogP contribution < -0.4 is 16.4 Å². The van der Waals surface area contributed by atoms with Crippen LogP contribution in [0, 0.1) is 5.92 Å². The molecule has 2 atom stereocenters. The van der Waals surface area contributed by atoms with Crippen molar-refractivity contribution in [1.29, 1.82) is 0 Å². The van der Waals surface area contributed by atoms with Crippen LogP contribution in [0.5, 0.6) is 0 Å². The van der Waals surface area contributed by atoms with Gasteiger partial charge in [-0.05, 0) is 29.9 Å². The van der Waals surface area contributed by atoms with Crippen molar-refractivity contribution in [1.82, 2.24) is 10.6 Å². The van der Waals surface area contributed by atoms with Gasteiger partial charge in [-0.3, -0.25) is 15.4 Å². The summed E-state index contributed by atoms with van der Waals surface area (Å²) in [6.45, 7) is 10.2. The van der Waals surface area contributed by atoms with Gasteiger partial charge in [-0.15, -0.1) is 0 Å². The summed E-state index contributed by atoms with van der Waals surface area (Å²) in [5.41, 5.74) is 7.39. The number of hydrogen-bond donors (Lipinski definition) is 3. The molecule has 0 aliphatic rings. The molecule has 0 spiro atoms. The van der Waals surface area contributed by atoms with Crippen molar-refractivity contribution in [3.8, 4) is 0 Å². The zero-order chi connectivity index (χ0) is 16.9. The molecule has 1 aromatic rings. The summed E-state index contributed by atoms with van der Waals surface area (Å²) in [6, 6.07) is 7.09. The maximum absolute atomic E-state index is 11.8. The molecule has 0 heterocycles. The van der Waals surface area contributed by atoms with Gasteiger partial charge in [0.25, 0.3) is 0 Å². The van der Waals surface area contributed by atoms with E-state index in [4.69, 9.17) is 5.73 Å². The smallest absolute Gasteiger partial charge is 0.318 e. The first-order valence-electron chi connectivity index (χ1n) is 7.68. The van der Waals surface area contributed by atoms with Crippen LogP contribution in [-0.2, 0) is 4.79 Å². The van der Waals surface area contributed by atoms with Crippen molar-refractivity contribution >= 4 is 11.9 Å². The number of carbonyl (C=O) groups excluding carboxylic acids is 2. The third-order valence-corrected chi connectivity index (χ3v) is 3.70. The maximum atomic E-state index is 11.8. The van der Waals surface area contributed by atoms with E-state index < -0.39 is 18.0 Å². The van der Waals surface area contributed by atoms with E-state index in [0.717, 1.165) is 5.56 Å². The van der Waals surface area contributed by atoms with Crippen LogP contribution in [0.15, 0.2) is 24.3 Å². The quantitative estimate of drug-likeness (QED) is 0.755. The van der Waals surface area contributed by atoms with Gasteiger partial charge < -0.3 is 5.73 Å². The van der Waals surface area contributed by atoms with Gasteiger partial charge in [0.1, 0.15) is 0 Å². The Hall–Kier alpha value is -1.88. The topological polar surface area (TPSA) is 84.2 Å². The predicted molar refractivity (Wildman–Crippen MR) is 88.4 cm³/mol. The molecular formula is C17H27N3O2. The minimum absolute atomic E-state index is 0.0230. The highest BCUT2D eigenvalue weighted by atomic mass is 16.2. The number of nitrogens with one attached hydrogen (secondary N) is 2. The van der Waals surface area contributed by atoms with Gasteiger partial charge >= 0.3 is 6.03 Å². The minimum Gasteiger partial charge on any atom is -0.351 e. The monoisotopic (exact) mass is 305 g/mol. The van der Waals surface area contributed by atoms with E-state index in [1.807, 2.05) is 0 Å². The lowest BCUT2D eigenvalue weighted by Crippen LogP contribution is -2.48. The largest absolute Gasteiger partial charge is 0.351 e. The Kier molecular flexibility index (Phi) is 6.56. The molecule has 22 heavy (non-hydrogen) atoms. The zero-order valence-corrected chi connectivity index (χ0v) is 14.0. The lowest BCUT2D eigenvalue weighted by molar-refractivity contribution is -0.121. The number of primary amides is 1. The number of amides is 3. The summed E-state index contributed by atoms with van der Waals surface area (Å²) in [7, 11) is 0. The van der Waals surface area contributed by atoms with E-state index in [9.17, 15) is 9.59 Å². The van der Waals surface area contributed by atoms with Crippen LogP contribution >= 0.6 is 0 Å². The highest BCUT2D eigenvalue weighted by Gasteiger charge is 2.22. The Balaban J connectivity index is 2.85. The third-order valence-electron chi connectivity index (χ3n) is 3.70. The van der Waals surface area contributed by atoms with Crippen molar-refractivity contribution in [3.05, 3.63) is 35.4 Å². The second-order valence-electron chi connectivity index (χ2n) is 6.28. The minimum atomic E-state index is -0.832. The molecule has 0 bridgehead atoms. The van der Waals surface area contributed by atoms with Crippen LogP contribution in [0.2, 0.25) is 0 Å². The van der Waals surface area contributed by atoms with E-state index in [0.29, 0.717) is 11.8 Å². The van der Waals surface area contributed by atoms with Crippen LogP contribution in [0.4, 0.5) is 4.79 Å². The Morgan fingerprint density at radius 3 is 1.86 bits per heavy atom. The summed E-state index contributed by atoms with van der Waals surface area (Å²) in [4.78, 5) is 22.6. The molecule has 4 N–H and O–H groups in total. The number of benzene rings is 1. The summed E-state index contributed by atoms with van der Waals surface area (Å²) in [6.07, 6.45) is 0. The van der Waals surface area contributed by atoms with Crippen molar-refractivity contribution in [3.63, 3.8) is 0 Å². The van der Waals surface area contributed by atoms with E-state index in [1.54, 1.807) is 6.92 Å². The standard InChI is InChI=1S/C17H27N3O2/c1-10(2)13-6-8-14(9-7-13)15(11(3)4)19-12(5)16(21)20-17(18)22/h6-12,15,19H,1-5H3,(H3,18,20,21,22)/t12-,15+/m1/s1. The van der Waals surface area contributed by atoms with Gasteiger partial charge in [0.15, 0.2) is 0 Å². The molecule has 0 saturated heterocycles. The molecule has 0 aliphatic carbocycles. The maximum Gasteiger partial charge on any atom is 0.318 e. The fourth-order valence-corrected chi connectivity index (χ4v) is 2.34. The molecule has 0 saturated carbocycles. The molecular weight excluding hydrogens is 278 g/mol. The molecule has 0 unspecified atom stereocenters. The number of nitrogens with two attached hydrogens (primary N) is 1. The van der Waals surface area contributed by atoms with E-state index in [2.05, 4.69) is 62.6 Å². The molecule has 5 nitrogen and oxygen atoms in total. The van der Waals surface area contributed by atoms with Gasteiger partial charge in [-0.1, -0.05) is 52.0 Å². The van der Waals surface area contributed by atoms with Crippen LogP contribution in [-0.4, -0.2) is 18.0 Å². The lowest BCUT2D eigenvalue weighted by Gasteiger charge is -2.26. The van der Waals surface area contributed by atoms with Crippen LogP contribution in [0.25, 0.3) is 0 Å². The molecule has 5 heteroatoms. The first-order chi connectivity index (χ1) is 10.2. The van der Waals surface area contributed by atoms with Crippen molar-refractivity contribution < 1.29 is 9.59 Å². The van der Waals surface area contributed by atoms with Crippen molar-refractivity contribution in [2.45, 2.75) is 52.6 Å². The molecule has 0 aliphatic heterocycles. The zero-order valence-electron chi connectivity index (χ0n) is 14.0. The second-order valence-corrected chi connectivity index (χ2v) is 6.28. The molecule has 0 fully saturated rings. The molecule has 0 radical (unpaired) electrons. The second kappa shape index (κ2) is 7.94. The number of carbonyl (C=O) groups is 2. The summed E-state index contributed by atoms with van der Waals surface area (Å²) in [5.74, 6) is 0.366. The van der Waals surface area contributed by atoms with Crippen molar-refractivity contribution in [2.75, 3.05) is 0 Å². The fraction of sp³-hybridized carbons (Fsp3) is 0.529. The van der Waals surface area contributed by atoms with Crippen LogP contribution in [0.1, 0.15) is 57.7 Å². The molecule has 0 aromatic heterocycles. The third kappa shape index (κ3) is 5.15. The molecule has 122 valence electrons. The molecule has 1 rings (SSSR count). The van der Waals surface area contributed by atoms with Gasteiger partial charge in [-0.2, -0.15) is 0 Å². The van der Waals surface area contributed by atoms with Gasteiger partial charge in [0.2, 0.25) is 5.91 Å². The summed E-state index contributed by atoms with van der Waals surface area (Å²) >= 11 is 0. The van der Waals surface area contributed by atoms with Gasteiger partial charge in [-0.25, -0.2) is 4.79 Å². The number of rotatable bonds is 6. The van der Waals surface area contributed by atoms with Gasteiger partial charge in [0, 0.05) is 6.04 Å². The first kappa shape index (κ1) is 18.2. The van der Waals surface area contributed by atoms with Crippen molar-refractivity contribution in [2.24, 2.45) is 11.7 Å². The number of imide groups is 1. The first-order valence-corrected chi connectivity index (χ1v) is 7.68. The lowest BCUT2D eigenvalue weighted by atomic mass is 9.93. The Morgan fingerprint density at radius 1 is 0.955 bits per heavy atom. The Bertz CT molecular complexity index is 509. The highest BCUT2D eigenvalue weighted by Crippen LogP contribution is 2.24. The Labute approximate surface area is 132 Å².